The van der Waals surface area contributed by atoms with Crippen molar-refractivity contribution in [3.63, 3.8) is 0 Å². The molecule has 2 aromatic rings. The highest BCUT2D eigenvalue weighted by Crippen LogP contribution is 2.27. The van der Waals surface area contributed by atoms with E-state index in [-0.39, 0.29) is 16.8 Å². The molecule has 7 nitrogen and oxygen atoms in total. The molecule has 2 saturated heterocycles. The number of piperidine rings is 2. The van der Waals surface area contributed by atoms with Crippen molar-refractivity contribution in [1.82, 2.24) is 14.2 Å². The number of aryl methyl sites for hydroxylation is 1. The second-order valence-electron chi connectivity index (χ2n) is 9.49. The number of benzene rings is 1. The van der Waals surface area contributed by atoms with Gasteiger partial charge in [-0.1, -0.05) is 19.4 Å². The van der Waals surface area contributed by atoms with Crippen LogP contribution in [-0.4, -0.2) is 54.2 Å². The first-order valence-corrected chi connectivity index (χ1v) is 14.2. The molecule has 2 aliphatic rings. The number of hydrogen-bond acceptors (Lipinski definition) is 6. The van der Waals surface area contributed by atoms with Gasteiger partial charge in [0, 0.05) is 30.1 Å². The Labute approximate surface area is 201 Å². The van der Waals surface area contributed by atoms with Gasteiger partial charge >= 0.3 is 0 Å². The standard InChI is InChI=1S/C24H34N4O3S2/c1-17-9-12-27(13-10-17)15-20-16-32-24(25-20)26-23(29)22-14-21(8-7-18(22)2)33(30,31)28-11-5-4-6-19(28)3/h7-8,14,16-17,19H,4-6,9-13,15H2,1-3H3,(H,25,26,29). The first-order chi connectivity index (χ1) is 15.7. The predicted molar refractivity (Wildman–Crippen MR) is 132 cm³/mol. The summed E-state index contributed by atoms with van der Waals surface area (Å²) in [6.45, 7) is 9.54. The van der Waals surface area contributed by atoms with Gasteiger partial charge in [-0.3, -0.25) is 15.0 Å². The van der Waals surface area contributed by atoms with Crippen LogP contribution in [0.4, 0.5) is 5.13 Å². The van der Waals surface area contributed by atoms with E-state index in [0.29, 0.717) is 17.2 Å². The van der Waals surface area contributed by atoms with Crippen molar-refractivity contribution in [1.29, 1.82) is 0 Å². The average Bonchev–Trinajstić information content (AvgIpc) is 3.22. The summed E-state index contributed by atoms with van der Waals surface area (Å²) in [5.74, 6) is 0.455. The average molecular weight is 491 g/mol. The van der Waals surface area contributed by atoms with Crippen molar-refractivity contribution in [2.24, 2.45) is 5.92 Å². The zero-order valence-electron chi connectivity index (χ0n) is 19.7. The molecule has 0 spiro atoms. The van der Waals surface area contributed by atoms with Gasteiger partial charge in [0.2, 0.25) is 10.0 Å². The minimum absolute atomic E-state index is 0.0285. The van der Waals surface area contributed by atoms with Crippen molar-refractivity contribution in [2.75, 3.05) is 25.0 Å². The summed E-state index contributed by atoms with van der Waals surface area (Å²) < 4.78 is 28.0. The molecule has 1 aromatic heterocycles. The number of nitrogens with zero attached hydrogens (tertiary/aromatic N) is 3. The van der Waals surface area contributed by atoms with Crippen molar-refractivity contribution in [3.8, 4) is 0 Å². The number of hydrogen-bond donors (Lipinski definition) is 1. The molecule has 0 saturated carbocycles. The maximum atomic E-state index is 13.2. The lowest BCUT2D eigenvalue weighted by Crippen LogP contribution is -2.42. The fourth-order valence-electron chi connectivity index (χ4n) is 4.62. The van der Waals surface area contributed by atoms with Gasteiger partial charge in [-0.25, -0.2) is 13.4 Å². The van der Waals surface area contributed by atoms with Crippen molar-refractivity contribution >= 4 is 32.4 Å². The van der Waals surface area contributed by atoms with Gasteiger partial charge in [-0.2, -0.15) is 4.31 Å². The summed E-state index contributed by atoms with van der Waals surface area (Å²) in [6.07, 6.45) is 5.19. The monoisotopic (exact) mass is 490 g/mol. The van der Waals surface area contributed by atoms with E-state index in [2.05, 4.69) is 22.1 Å². The molecule has 180 valence electrons. The molecule has 1 amide bonds. The fraction of sp³-hybridized carbons (Fsp3) is 0.583. The van der Waals surface area contributed by atoms with E-state index in [1.807, 2.05) is 19.2 Å². The summed E-state index contributed by atoms with van der Waals surface area (Å²) in [5, 5.41) is 5.40. The van der Waals surface area contributed by atoms with Crippen LogP contribution in [0.5, 0.6) is 0 Å². The van der Waals surface area contributed by atoms with Crippen LogP contribution < -0.4 is 5.32 Å². The molecule has 1 N–H and O–H groups in total. The molecule has 3 heterocycles. The second kappa shape index (κ2) is 10.2. The summed E-state index contributed by atoms with van der Waals surface area (Å²) in [4.78, 5) is 20.2. The molecule has 0 radical (unpaired) electrons. The Morgan fingerprint density at radius 2 is 1.91 bits per heavy atom. The maximum Gasteiger partial charge on any atom is 0.257 e. The molecule has 1 atom stereocenters. The molecule has 2 aliphatic heterocycles. The van der Waals surface area contributed by atoms with E-state index in [1.54, 1.807) is 16.4 Å². The molecule has 0 aliphatic carbocycles. The zero-order valence-corrected chi connectivity index (χ0v) is 21.3. The summed E-state index contributed by atoms with van der Waals surface area (Å²) in [7, 11) is -3.64. The molecule has 2 fully saturated rings. The molecule has 33 heavy (non-hydrogen) atoms. The Kier molecular flexibility index (Phi) is 7.53. The van der Waals surface area contributed by atoms with Gasteiger partial charge in [0.15, 0.2) is 5.13 Å². The number of carbonyl (C=O) groups is 1. The summed E-state index contributed by atoms with van der Waals surface area (Å²) >= 11 is 1.40. The predicted octanol–water partition coefficient (Wildman–Crippen LogP) is 4.50. The number of amides is 1. The third-order valence-electron chi connectivity index (χ3n) is 6.84. The number of carbonyl (C=O) groups excluding carboxylic acids is 1. The number of nitrogens with one attached hydrogen (secondary N) is 1. The molecule has 4 rings (SSSR count). The number of thiazole rings is 1. The van der Waals surface area contributed by atoms with E-state index in [0.717, 1.165) is 56.1 Å². The second-order valence-corrected chi connectivity index (χ2v) is 12.2. The summed E-state index contributed by atoms with van der Waals surface area (Å²) in [5.41, 5.74) is 2.05. The largest absolute Gasteiger partial charge is 0.298 e. The van der Waals surface area contributed by atoms with Crippen molar-refractivity contribution in [3.05, 3.63) is 40.4 Å². The van der Waals surface area contributed by atoms with Crippen LogP contribution in [0.15, 0.2) is 28.5 Å². The summed E-state index contributed by atoms with van der Waals surface area (Å²) in [6, 6.07) is 4.79. The van der Waals surface area contributed by atoms with E-state index in [1.165, 1.54) is 30.2 Å². The van der Waals surface area contributed by atoms with Gasteiger partial charge in [-0.15, -0.1) is 11.3 Å². The first kappa shape index (κ1) is 24.3. The van der Waals surface area contributed by atoms with Gasteiger partial charge in [0.25, 0.3) is 5.91 Å². The van der Waals surface area contributed by atoms with Crippen LogP contribution in [0.3, 0.4) is 0 Å². The normalized spacial score (nSPS) is 21.2. The third-order valence-corrected chi connectivity index (χ3v) is 9.65. The van der Waals surface area contributed by atoms with E-state index in [4.69, 9.17) is 0 Å². The topological polar surface area (TPSA) is 82.6 Å². The molecule has 0 bridgehead atoms. The van der Waals surface area contributed by atoms with Gasteiger partial charge in [0.1, 0.15) is 0 Å². The van der Waals surface area contributed by atoms with E-state index in [9.17, 15) is 13.2 Å². The van der Waals surface area contributed by atoms with Gasteiger partial charge in [0.05, 0.1) is 10.6 Å². The zero-order chi connectivity index (χ0) is 23.6. The number of sulfonamides is 1. The number of likely N-dealkylation sites (tertiary alicyclic amines) is 1. The molecule has 1 aromatic carbocycles. The van der Waals surface area contributed by atoms with E-state index >= 15 is 0 Å². The molecular weight excluding hydrogens is 456 g/mol. The molecule has 9 heteroatoms. The lowest BCUT2D eigenvalue weighted by molar-refractivity contribution is 0.102. The lowest BCUT2D eigenvalue weighted by Gasteiger charge is -2.32. The SMILES string of the molecule is Cc1ccc(S(=O)(=O)N2CCCCC2C)cc1C(=O)Nc1nc(CN2CCC(C)CC2)cs1. The van der Waals surface area contributed by atoms with Crippen LogP contribution in [0.25, 0.3) is 0 Å². The minimum Gasteiger partial charge on any atom is -0.298 e. The number of anilines is 1. The van der Waals surface area contributed by atoms with Gasteiger partial charge in [-0.05, 0) is 76.2 Å². The number of aromatic nitrogens is 1. The van der Waals surface area contributed by atoms with Crippen LogP contribution >= 0.6 is 11.3 Å². The van der Waals surface area contributed by atoms with Crippen LogP contribution in [0, 0.1) is 12.8 Å². The smallest absolute Gasteiger partial charge is 0.257 e. The fourth-order valence-corrected chi connectivity index (χ4v) is 7.04. The first-order valence-electron chi connectivity index (χ1n) is 11.8. The third kappa shape index (κ3) is 5.65. The highest BCUT2D eigenvalue weighted by atomic mass is 32.2. The van der Waals surface area contributed by atoms with Crippen molar-refractivity contribution < 1.29 is 13.2 Å². The Hall–Kier alpha value is -1.81. The van der Waals surface area contributed by atoms with Crippen LogP contribution in [0.1, 0.15) is 67.6 Å². The Balaban J connectivity index is 1.46. The highest BCUT2D eigenvalue weighted by molar-refractivity contribution is 7.89. The number of rotatable bonds is 6. The lowest BCUT2D eigenvalue weighted by atomic mass is 9.99. The molecular formula is C24H34N4O3S2. The minimum atomic E-state index is -3.64. The molecule has 1 unspecified atom stereocenters. The van der Waals surface area contributed by atoms with Crippen LogP contribution in [0.2, 0.25) is 0 Å². The Bertz CT molecular complexity index is 1090. The van der Waals surface area contributed by atoms with E-state index < -0.39 is 10.0 Å². The van der Waals surface area contributed by atoms with Gasteiger partial charge < -0.3 is 0 Å². The highest BCUT2D eigenvalue weighted by Gasteiger charge is 2.31. The Morgan fingerprint density at radius 3 is 2.64 bits per heavy atom. The Morgan fingerprint density at radius 1 is 1.15 bits per heavy atom. The van der Waals surface area contributed by atoms with Crippen LogP contribution in [-0.2, 0) is 16.6 Å². The quantitative estimate of drug-likeness (QED) is 0.645. The maximum absolute atomic E-state index is 13.2. The van der Waals surface area contributed by atoms with Crippen molar-refractivity contribution in [2.45, 2.75) is 70.4 Å².